The Bertz CT molecular complexity index is 622. The average Bonchev–Trinajstić information content (AvgIpc) is 2.88. The van der Waals surface area contributed by atoms with Crippen LogP contribution in [0.15, 0.2) is 30.5 Å². The van der Waals surface area contributed by atoms with Gasteiger partial charge in [-0.2, -0.15) is 13.2 Å². The highest BCUT2D eigenvalue weighted by Gasteiger charge is 2.30. The molecule has 2 rings (SSSR count). The number of hydrogen-bond donors (Lipinski definition) is 0. The van der Waals surface area contributed by atoms with Gasteiger partial charge in [-0.15, -0.1) is 11.3 Å². The summed E-state index contributed by atoms with van der Waals surface area (Å²) in [7, 11) is 0. The van der Waals surface area contributed by atoms with Crippen molar-refractivity contribution in [1.82, 2.24) is 4.98 Å². The molecule has 0 aliphatic rings. The van der Waals surface area contributed by atoms with E-state index >= 15 is 0 Å². The molecule has 0 fully saturated rings. The second-order valence-electron chi connectivity index (χ2n) is 3.83. The van der Waals surface area contributed by atoms with Gasteiger partial charge in [-0.25, -0.2) is 9.78 Å². The number of carbonyl (C=O) groups is 1. The van der Waals surface area contributed by atoms with Gasteiger partial charge < -0.3 is 4.74 Å². The van der Waals surface area contributed by atoms with Crippen molar-refractivity contribution in [3.8, 4) is 10.4 Å². The second-order valence-corrected chi connectivity index (χ2v) is 4.86. The van der Waals surface area contributed by atoms with Crippen LogP contribution in [0.1, 0.15) is 22.3 Å². The number of carbonyl (C=O) groups excluding carboxylic acids is 1. The van der Waals surface area contributed by atoms with Gasteiger partial charge in [-0.1, -0.05) is 12.1 Å². The maximum atomic E-state index is 12.6. The predicted molar refractivity (Wildman–Crippen MR) is 68.5 cm³/mol. The van der Waals surface area contributed by atoms with Crippen LogP contribution in [-0.2, 0) is 10.9 Å². The highest BCUT2D eigenvalue weighted by molar-refractivity contribution is 7.16. The Morgan fingerprint density at radius 3 is 2.80 bits per heavy atom. The van der Waals surface area contributed by atoms with Gasteiger partial charge in [0.1, 0.15) is 0 Å². The van der Waals surface area contributed by atoms with Crippen LogP contribution >= 0.6 is 11.3 Å². The number of rotatable bonds is 3. The molecule has 20 heavy (non-hydrogen) atoms. The second kappa shape index (κ2) is 5.62. The molecule has 1 heterocycles. The third-order valence-corrected chi connectivity index (χ3v) is 3.46. The van der Waals surface area contributed by atoms with Crippen LogP contribution in [0.5, 0.6) is 0 Å². The van der Waals surface area contributed by atoms with Gasteiger partial charge >= 0.3 is 12.1 Å². The molecule has 0 bridgehead atoms. The quantitative estimate of drug-likeness (QED) is 0.804. The summed E-state index contributed by atoms with van der Waals surface area (Å²) >= 11 is 1.00. The summed E-state index contributed by atoms with van der Waals surface area (Å²) in [5.74, 6) is -0.573. The molecule has 0 unspecified atom stereocenters. The molecule has 0 saturated carbocycles. The number of ether oxygens (including phenoxy) is 1. The van der Waals surface area contributed by atoms with E-state index in [0.717, 1.165) is 23.5 Å². The van der Waals surface area contributed by atoms with E-state index in [9.17, 15) is 18.0 Å². The monoisotopic (exact) mass is 301 g/mol. The summed E-state index contributed by atoms with van der Waals surface area (Å²) in [5, 5.41) is 0.124. The Morgan fingerprint density at radius 2 is 2.15 bits per heavy atom. The minimum absolute atomic E-state index is 0.124. The Morgan fingerprint density at radius 1 is 1.40 bits per heavy atom. The lowest BCUT2D eigenvalue weighted by Gasteiger charge is -2.07. The summed E-state index contributed by atoms with van der Waals surface area (Å²) in [4.78, 5) is 15.8. The van der Waals surface area contributed by atoms with Gasteiger partial charge in [0.2, 0.25) is 5.01 Å². The lowest BCUT2D eigenvalue weighted by Crippen LogP contribution is -2.04. The van der Waals surface area contributed by atoms with Crippen molar-refractivity contribution in [2.24, 2.45) is 0 Å². The fraction of sp³-hybridized carbons (Fsp3) is 0.231. The van der Waals surface area contributed by atoms with Gasteiger partial charge in [0, 0.05) is 6.20 Å². The van der Waals surface area contributed by atoms with E-state index in [1.807, 2.05) is 0 Å². The molecule has 3 nitrogen and oxygen atoms in total. The fourth-order valence-electron chi connectivity index (χ4n) is 1.54. The minimum atomic E-state index is -4.40. The van der Waals surface area contributed by atoms with Gasteiger partial charge in [0.25, 0.3) is 0 Å². The van der Waals surface area contributed by atoms with E-state index < -0.39 is 17.7 Å². The zero-order valence-corrected chi connectivity index (χ0v) is 11.2. The summed E-state index contributed by atoms with van der Waals surface area (Å²) in [6.45, 7) is 1.89. The first-order valence-electron chi connectivity index (χ1n) is 5.72. The molecule has 0 amide bonds. The first-order valence-corrected chi connectivity index (χ1v) is 6.54. The maximum absolute atomic E-state index is 12.6. The number of benzene rings is 1. The van der Waals surface area contributed by atoms with Crippen molar-refractivity contribution in [2.45, 2.75) is 13.1 Å². The molecular weight excluding hydrogens is 291 g/mol. The van der Waals surface area contributed by atoms with Crippen molar-refractivity contribution in [2.75, 3.05) is 6.61 Å². The smallest absolute Gasteiger partial charge is 0.416 e. The lowest BCUT2D eigenvalue weighted by molar-refractivity contribution is -0.137. The number of aromatic nitrogens is 1. The number of halogens is 3. The highest BCUT2D eigenvalue weighted by Crippen LogP contribution is 2.33. The van der Waals surface area contributed by atoms with Crippen molar-refractivity contribution in [3.63, 3.8) is 0 Å². The van der Waals surface area contributed by atoms with Crippen molar-refractivity contribution in [1.29, 1.82) is 0 Å². The molecule has 7 heteroatoms. The Hall–Kier alpha value is -1.89. The van der Waals surface area contributed by atoms with E-state index in [1.54, 1.807) is 6.92 Å². The van der Waals surface area contributed by atoms with Gasteiger partial charge in [0.05, 0.1) is 17.0 Å². The standard InChI is InChI=1S/C13H10F3NO2S/c1-2-19-12(18)11-17-7-10(20-11)8-4-3-5-9(6-8)13(14,15)16/h3-7H,2H2,1H3. The molecule has 0 N–H and O–H groups in total. The van der Waals surface area contributed by atoms with Crippen LogP contribution in [0.2, 0.25) is 0 Å². The summed E-state index contributed by atoms with van der Waals surface area (Å²) in [6.07, 6.45) is -3.03. The SMILES string of the molecule is CCOC(=O)c1ncc(-c2cccc(C(F)(F)F)c2)s1. The van der Waals surface area contributed by atoms with E-state index in [1.165, 1.54) is 18.3 Å². The molecule has 0 aliphatic carbocycles. The molecule has 0 atom stereocenters. The molecule has 0 saturated heterocycles. The molecular formula is C13H10F3NO2S. The van der Waals surface area contributed by atoms with Crippen LogP contribution in [0.25, 0.3) is 10.4 Å². The molecule has 0 radical (unpaired) electrons. The highest BCUT2D eigenvalue weighted by atomic mass is 32.1. The molecule has 1 aromatic carbocycles. The minimum Gasteiger partial charge on any atom is -0.461 e. The third-order valence-electron chi connectivity index (χ3n) is 2.43. The lowest BCUT2D eigenvalue weighted by atomic mass is 10.1. The molecule has 0 aliphatic heterocycles. The van der Waals surface area contributed by atoms with Crippen LogP contribution in [0.4, 0.5) is 13.2 Å². The van der Waals surface area contributed by atoms with Gasteiger partial charge in [-0.05, 0) is 24.6 Å². The zero-order valence-electron chi connectivity index (χ0n) is 10.4. The molecule has 106 valence electrons. The van der Waals surface area contributed by atoms with E-state index in [0.29, 0.717) is 10.4 Å². The normalized spacial score (nSPS) is 11.4. The molecule has 1 aromatic heterocycles. The number of nitrogens with zero attached hydrogens (tertiary/aromatic N) is 1. The topological polar surface area (TPSA) is 39.2 Å². The Labute approximate surface area is 117 Å². The first-order chi connectivity index (χ1) is 9.41. The van der Waals surface area contributed by atoms with Crippen LogP contribution in [0.3, 0.4) is 0 Å². The molecule has 0 spiro atoms. The van der Waals surface area contributed by atoms with Crippen molar-refractivity contribution >= 4 is 17.3 Å². The Balaban J connectivity index is 2.31. The van der Waals surface area contributed by atoms with E-state index in [2.05, 4.69) is 4.98 Å². The average molecular weight is 301 g/mol. The number of alkyl halides is 3. The maximum Gasteiger partial charge on any atom is 0.416 e. The predicted octanol–water partition coefficient (Wildman–Crippen LogP) is 4.01. The van der Waals surface area contributed by atoms with Crippen molar-refractivity contribution in [3.05, 3.63) is 41.0 Å². The number of hydrogen-bond acceptors (Lipinski definition) is 4. The number of thiazole rings is 1. The zero-order chi connectivity index (χ0) is 14.8. The summed E-state index contributed by atoms with van der Waals surface area (Å²) in [6, 6.07) is 4.89. The van der Waals surface area contributed by atoms with Gasteiger partial charge in [0.15, 0.2) is 0 Å². The summed E-state index contributed by atoms with van der Waals surface area (Å²) < 4.78 is 42.7. The summed E-state index contributed by atoms with van der Waals surface area (Å²) in [5.41, 5.74) is -0.367. The van der Waals surface area contributed by atoms with Crippen LogP contribution < -0.4 is 0 Å². The largest absolute Gasteiger partial charge is 0.461 e. The van der Waals surface area contributed by atoms with Crippen LogP contribution in [-0.4, -0.2) is 17.6 Å². The van der Waals surface area contributed by atoms with Crippen molar-refractivity contribution < 1.29 is 22.7 Å². The first kappa shape index (κ1) is 14.5. The van der Waals surface area contributed by atoms with Crippen LogP contribution in [0, 0.1) is 0 Å². The van der Waals surface area contributed by atoms with E-state index in [-0.39, 0.29) is 11.6 Å². The molecule has 2 aromatic rings. The Kier molecular flexibility index (Phi) is 4.08. The number of esters is 1. The van der Waals surface area contributed by atoms with E-state index in [4.69, 9.17) is 4.74 Å². The van der Waals surface area contributed by atoms with Gasteiger partial charge in [-0.3, -0.25) is 0 Å². The third kappa shape index (κ3) is 3.16. The fourth-order valence-corrected chi connectivity index (χ4v) is 2.35.